The van der Waals surface area contributed by atoms with Crippen molar-refractivity contribution >= 4 is 43.9 Å². The molecule has 2 saturated heterocycles. The lowest BCUT2D eigenvalue weighted by Crippen LogP contribution is -2.51. The lowest BCUT2D eigenvalue weighted by molar-refractivity contribution is 0.190. The van der Waals surface area contributed by atoms with E-state index in [1.807, 2.05) is 31.3 Å². The number of carbonyl (C=O) groups is 1. The molecule has 2 aromatic carbocycles. The minimum atomic E-state index is -3.55. The van der Waals surface area contributed by atoms with E-state index >= 15 is 0 Å². The molecule has 3 aromatic rings. The molecule has 0 saturated carbocycles. The van der Waals surface area contributed by atoms with E-state index in [-0.39, 0.29) is 28.8 Å². The number of likely N-dealkylation sites (tertiary alicyclic amines) is 1. The van der Waals surface area contributed by atoms with Crippen LogP contribution in [-0.4, -0.2) is 61.8 Å². The van der Waals surface area contributed by atoms with Crippen molar-refractivity contribution in [2.24, 2.45) is 0 Å². The topological polar surface area (TPSA) is 82.6 Å². The number of benzene rings is 2. The standard InChI is InChI=1S/C27H31ClN4O3S/c1-19-15-24(8-11-29-19)31-13-9-23(10-14-31)30-27(33)32-12-2-3-25(32)18-36(34,35)26-7-5-20-16-22(28)6-4-21(20)17-26/h4-8,11,15-17,23,25H,2-3,9-10,12-14,18H2,1H3,(H,30,33). The number of hydrogen-bond acceptors (Lipinski definition) is 5. The van der Waals surface area contributed by atoms with Crippen LogP contribution in [0.4, 0.5) is 10.5 Å². The van der Waals surface area contributed by atoms with Gasteiger partial charge in [-0.2, -0.15) is 0 Å². The number of aromatic nitrogens is 1. The summed E-state index contributed by atoms with van der Waals surface area (Å²) in [6.07, 6.45) is 5.03. The first-order valence-electron chi connectivity index (χ1n) is 12.5. The third-order valence-electron chi connectivity index (χ3n) is 7.25. The van der Waals surface area contributed by atoms with E-state index in [0.717, 1.165) is 54.5 Å². The van der Waals surface area contributed by atoms with Gasteiger partial charge in [-0.25, -0.2) is 13.2 Å². The molecule has 36 heavy (non-hydrogen) atoms. The van der Waals surface area contributed by atoms with Crippen LogP contribution in [0.1, 0.15) is 31.4 Å². The highest BCUT2D eigenvalue weighted by molar-refractivity contribution is 7.91. The summed E-state index contributed by atoms with van der Waals surface area (Å²) in [6, 6.07) is 14.2. The van der Waals surface area contributed by atoms with E-state index in [9.17, 15) is 13.2 Å². The van der Waals surface area contributed by atoms with Crippen LogP contribution in [0.3, 0.4) is 0 Å². The Bertz CT molecular complexity index is 1370. The summed E-state index contributed by atoms with van der Waals surface area (Å²) in [6.45, 7) is 4.29. The fraction of sp³-hybridized carbons (Fsp3) is 0.407. The fourth-order valence-corrected chi connectivity index (χ4v) is 7.09. The molecule has 1 unspecified atom stereocenters. The van der Waals surface area contributed by atoms with Crippen LogP contribution in [0.2, 0.25) is 5.02 Å². The van der Waals surface area contributed by atoms with Crippen molar-refractivity contribution in [1.29, 1.82) is 0 Å². The first kappa shape index (κ1) is 24.8. The first-order valence-corrected chi connectivity index (χ1v) is 14.5. The minimum absolute atomic E-state index is 0.0701. The zero-order valence-electron chi connectivity index (χ0n) is 20.4. The first-order chi connectivity index (χ1) is 17.3. The second kappa shape index (κ2) is 10.3. The molecular formula is C27H31ClN4O3S. The molecule has 0 aliphatic carbocycles. The number of piperidine rings is 1. The Hall–Kier alpha value is -2.84. The number of pyridine rings is 1. The zero-order valence-corrected chi connectivity index (χ0v) is 21.9. The number of fused-ring (bicyclic) bond motifs is 1. The number of sulfone groups is 1. The molecule has 2 aliphatic rings. The van der Waals surface area contributed by atoms with Crippen molar-refractivity contribution in [2.75, 3.05) is 30.3 Å². The summed E-state index contributed by atoms with van der Waals surface area (Å²) in [5, 5.41) is 5.51. The molecule has 2 amide bonds. The van der Waals surface area contributed by atoms with E-state index in [1.54, 1.807) is 29.2 Å². The quantitative estimate of drug-likeness (QED) is 0.515. The third kappa shape index (κ3) is 5.44. The molecule has 1 N–H and O–H groups in total. The van der Waals surface area contributed by atoms with Gasteiger partial charge >= 0.3 is 6.03 Å². The van der Waals surface area contributed by atoms with Crippen LogP contribution in [0.5, 0.6) is 0 Å². The van der Waals surface area contributed by atoms with Gasteiger partial charge in [0.2, 0.25) is 0 Å². The average molecular weight is 527 g/mol. The highest BCUT2D eigenvalue weighted by Gasteiger charge is 2.34. The van der Waals surface area contributed by atoms with Gasteiger partial charge in [-0.1, -0.05) is 23.7 Å². The van der Waals surface area contributed by atoms with Crippen molar-refractivity contribution in [2.45, 2.75) is 49.6 Å². The Morgan fingerprint density at radius 2 is 1.78 bits per heavy atom. The van der Waals surface area contributed by atoms with Crippen LogP contribution in [0.25, 0.3) is 10.8 Å². The molecule has 0 radical (unpaired) electrons. The second-order valence-electron chi connectivity index (χ2n) is 9.79. The van der Waals surface area contributed by atoms with Gasteiger partial charge in [0.1, 0.15) is 0 Å². The van der Waals surface area contributed by atoms with Gasteiger partial charge in [-0.05, 0) is 79.8 Å². The average Bonchev–Trinajstić information content (AvgIpc) is 3.31. The number of carbonyl (C=O) groups excluding carboxylic acids is 1. The van der Waals surface area contributed by atoms with Gasteiger partial charge in [0.25, 0.3) is 0 Å². The number of aryl methyl sites for hydroxylation is 1. The molecule has 7 nitrogen and oxygen atoms in total. The normalized spacial score (nSPS) is 19.1. The monoisotopic (exact) mass is 526 g/mol. The second-order valence-corrected chi connectivity index (χ2v) is 12.3. The Balaban J connectivity index is 1.20. The number of rotatable bonds is 5. The van der Waals surface area contributed by atoms with E-state index in [2.05, 4.69) is 21.3 Å². The molecular weight excluding hydrogens is 496 g/mol. The van der Waals surface area contributed by atoms with Crippen LogP contribution in [-0.2, 0) is 9.84 Å². The van der Waals surface area contributed by atoms with E-state index < -0.39 is 9.84 Å². The van der Waals surface area contributed by atoms with E-state index in [0.29, 0.717) is 18.0 Å². The number of nitrogens with zero attached hydrogens (tertiary/aromatic N) is 3. The summed E-state index contributed by atoms with van der Waals surface area (Å²) in [4.78, 5) is 21.7. The maximum atomic E-state index is 13.3. The van der Waals surface area contributed by atoms with Crippen molar-refractivity contribution < 1.29 is 13.2 Å². The zero-order chi connectivity index (χ0) is 25.3. The predicted molar refractivity (Wildman–Crippen MR) is 143 cm³/mol. The molecule has 1 aromatic heterocycles. The van der Waals surface area contributed by atoms with Crippen molar-refractivity contribution in [3.05, 3.63) is 65.4 Å². The highest BCUT2D eigenvalue weighted by atomic mass is 35.5. The van der Waals surface area contributed by atoms with Crippen LogP contribution >= 0.6 is 11.6 Å². The van der Waals surface area contributed by atoms with Crippen LogP contribution in [0, 0.1) is 6.92 Å². The molecule has 190 valence electrons. The fourth-order valence-electron chi connectivity index (χ4n) is 5.28. The molecule has 3 heterocycles. The van der Waals surface area contributed by atoms with Gasteiger partial charge in [-0.3, -0.25) is 4.98 Å². The maximum absolute atomic E-state index is 13.3. The summed E-state index contributed by atoms with van der Waals surface area (Å²) >= 11 is 6.05. The number of anilines is 1. The van der Waals surface area contributed by atoms with Gasteiger partial charge < -0.3 is 15.1 Å². The summed E-state index contributed by atoms with van der Waals surface area (Å²) in [7, 11) is -3.55. The number of hydrogen-bond donors (Lipinski definition) is 1. The minimum Gasteiger partial charge on any atom is -0.371 e. The molecule has 5 rings (SSSR count). The number of nitrogens with one attached hydrogen (secondary N) is 1. The summed E-state index contributed by atoms with van der Waals surface area (Å²) in [5.74, 6) is -0.0701. The number of halogens is 1. The number of amides is 2. The molecule has 2 fully saturated rings. The predicted octanol–water partition coefficient (Wildman–Crippen LogP) is 4.81. The highest BCUT2D eigenvalue weighted by Crippen LogP contribution is 2.27. The largest absolute Gasteiger partial charge is 0.371 e. The van der Waals surface area contributed by atoms with Crippen LogP contribution in [0.15, 0.2) is 59.6 Å². The molecule has 0 bridgehead atoms. The van der Waals surface area contributed by atoms with Gasteiger partial charge in [0.05, 0.1) is 10.6 Å². The molecule has 0 spiro atoms. The Morgan fingerprint density at radius 1 is 1.03 bits per heavy atom. The van der Waals surface area contributed by atoms with E-state index in [1.165, 1.54) is 0 Å². The van der Waals surface area contributed by atoms with Crippen LogP contribution < -0.4 is 10.2 Å². The molecule has 1 atom stereocenters. The number of urea groups is 1. The summed E-state index contributed by atoms with van der Waals surface area (Å²) < 4.78 is 26.5. The van der Waals surface area contributed by atoms with Crippen molar-refractivity contribution in [1.82, 2.24) is 15.2 Å². The van der Waals surface area contributed by atoms with Crippen molar-refractivity contribution in [3.63, 3.8) is 0 Å². The van der Waals surface area contributed by atoms with E-state index in [4.69, 9.17) is 11.6 Å². The smallest absolute Gasteiger partial charge is 0.317 e. The maximum Gasteiger partial charge on any atom is 0.317 e. The third-order valence-corrected chi connectivity index (χ3v) is 9.28. The lowest BCUT2D eigenvalue weighted by atomic mass is 10.0. The van der Waals surface area contributed by atoms with Gasteiger partial charge in [-0.15, -0.1) is 0 Å². The SMILES string of the molecule is Cc1cc(N2CCC(NC(=O)N3CCCC3CS(=O)(=O)c3ccc4cc(Cl)ccc4c3)CC2)ccn1. The summed E-state index contributed by atoms with van der Waals surface area (Å²) in [5.41, 5.74) is 2.15. The lowest BCUT2D eigenvalue weighted by Gasteiger charge is -2.35. The Morgan fingerprint density at radius 3 is 2.56 bits per heavy atom. The Kier molecular flexibility index (Phi) is 7.08. The molecule has 9 heteroatoms. The van der Waals surface area contributed by atoms with Gasteiger partial charge in [0.15, 0.2) is 9.84 Å². The Labute approximate surface area is 217 Å². The van der Waals surface area contributed by atoms with Crippen molar-refractivity contribution in [3.8, 4) is 0 Å². The van der Waals surface area contributed by atoms with Gasteiger partial charge in [0, 0.05) is 54.3 Å². The molecule has 2 aliphatic heterocycles.